The highest BCUT2D eigenvalue weighted by Gasteiger charge is 2.30. The predicted molar refractivity (Wildman–Crippen MR) is 89.8 cm³/mol. The zero-order chi connectivity index (χ0) is 16.0. The maximum atomic E-state index is 12.6. The van der Waals surface area contributed by atoms with E-state index in [9.17, 15) is 4.79 Å². The zero-order valence-electron chi connectivity index (χ0n) is 13.1. The molecule has 0 atom stereocenters. The Bertz CT molecular complexity index is 766. The number of nitrogens with one attached hydrogen (secondary N) is 1. The monoisotopic (exact) mass is 330 g/mol. The van der Waals surface area contributed by atoms with E-state index in [1.165, 1.54) is 5.56 Å². The highest BCUT2D eigenvalue weighted by Crippen LogP contribution is 2.42. The van der Waals surface area contributed by atoms with Crippen molar-refractivity contribution in [1.82, 2.24) is 14.7 Å². The fourth-order valence-corrected chi connectivity index (χ4v) is 3.42. The first-order valence-electron chi connectivity index (χ1n) is 7.97. The molecule has 1 aromatic heterocycles. The van der Waals surface area contributed by atoms with Crippen LogP contribution in [0.25, 0.3) is 0 Å². The molecule has 5 nitrogen and oxygen atoms in total. The average molecular weight is 331 g/mol. The van der Waals surface area contributed by atoms with Crippen molar-refractivity contribution >= 4 is 23.3 Å². The zero-order valence-corrected chi connectivity index (χ0v) is 13.8. The summed E-state index contributed by atoms with van der Waals surface area (Å²) in [5, 5.41) is 8.25. The van der Waals surface area contributed by atoms with Crippen LogP contribution in [0.1, 0.15) is 35.6 Å². The fourth-order valence-electron chi connectivity index (χ4n) is 3.17. The number of carbonyl (C=O) groups is 1. The highest BCUT2D eigenvalue weighted by atomic mass is 35.5. The summed E-state index contributed by atoms with van der Waals surface area (Å²) in [6, 6.07) is 5.86. The molecule has 2 amide bonds. The van der Waals surface area contributed by atoms with E-state index in [1.807, 2.05) is 30.3 Å². The minimum absolute atomic E-state index is 0.0783. The van der Waals surface area contributed by atoms with Gasteiger partial charge in [0.25, 0.3) is 0 Å². The van der Waals surface area contributed by atoms with Crippen molar-refractivity contribution in [3.63, 3.8) is 0 Å². The molecule has 0 radical (unpaired) electrons. The van der Waals surface area contributed by atoms with E-state index in [2.05, 4.69) is 16.5 Å². The van der Waals surface area contributed by atoms with Gasteiger partial charge in [-0.1, -0.05) is 23.7 Å². The largest absolute Gasteiger partial charge is 0.322 e. The van der Waals surface area contributed by atoms with Gasteiger partial charge in [0.05, 0.1) is 11.4 Å². The SMILES string of the molecule is Cn1cc(NC(=O)N2CCc3cccc(Cl)c3C2)c(C2CC2)n1. The Labute approximate surface area is 140 Å². The van der Waals surface area contributed by atoms with Crippen molar-refractivity contribution in [1.29, 1.82) is 0 Å². The molecule has 120 valence electrons. The molecule has 2 aromatic rings. The van der Waals surface area contributed by atoms with Crippen LogP contribution >= 0.6 is 11.6 Å². The molecule has 23 heavy (non-hydrogen) atoms. The van der Waals surface area contributed by atoms with E-state index in [-0.39, 0.29) is 6.03 Å². The standard InChI is InChI=1S/C17H19ClN4O/c1-21-10-15(16(20-21)12-5-6-12)19-17(23)22-8-7-11-3-2-4-14(18)13(11)9-22/h2-4,10,12H,5-9H2,1H3,(H,19,23). The third-order valence-electron chi connectivity index (χ3n) is 4.57. The second-order valence-corrected chi connectivity index (χ2v) is 6.76. The van der Waals surface area contributed by atoms with Crippen molar-refractivity contribution in [2.75, 3.05) is 11.9 Å². The number of amides is 2. The van der Waals surface area contributed by atoms with Crippen LogP contribution in [0.15, 0.2) is 24.4 Å². The smallest absolute Gasteiger partial charge is 0.320 e. The number of hydrogen-bond acceptors (Lipinski definition) is 2. The predicted octanol–water partition coefficient (Wildman–Crippen LogP) is 3.54. The van der Waals surface area contributed by atoms with Gasteiger partial charge in [-0.05, 0) is 36.5 Å². The minimum Gasteiger partial charge on any atom is -0.320 e. The van der Waals surface area contributed by atoms with Gasteiger partial charge in [0.15, 0.2) is 0 Å². The molecule has 0 unspecified atom stereocenters. The fraction of sp³-hybridized carbons (Fsp3) is 0.412. The number of carbonyl (C=O) groups excluding carboxylic acids is 1. The number of nitrogens with zero attached hydrogens (tertiary/aromatic N) is 3. The minimum atomic E-state index is -0.0783. The number of urea groups is 1. The highest BCUT2D eigenvalue weighted by molar-refractivity contribution is 6.31. The Morgan fingerprint density at radius 2 is 2.22 bits per heavy atom. The number of benzene rings is 1. The van der Waals surface area contributed by atoms with E-state index in [0.717, 1.165) is 41.2 Å². The Balaban J connectivity index is 1.51. The van der Waals surface area contributed by atoms with E-state index in [4.69, 9.17) is 11.6 Å². The molecule has 6 heteroatoms. The summed E-state index contributed by atoms with van der Waals surface area (Å²) in [5.41, 5.74) is 4.15. The number of hydrogen-bond donors (Lipinski definition) is 1. The van der Waals surface area contributed by atoms with Crippen LogP contribution in [-0.2, 0) is 20.0 Å². The van der Waals surface area contributed by atoms with Gasteiger partial charge in [-0.25, -0.2) is 4.79 Å². The first kappa shape index (κ1) is 14.6. The molecule has 0 spiro atoms. The molecule has 0 saturated heterocycles. The third-order valence-corrected chi connectivity index (χ3v) is 4.92. The Morgan fingerprint density at radius 1 is 1.39 bits per heavy atom. The van der Waals surface area contributed by atoms with Gasteiger partial charge in [0.1, 0.15) is 0 Å². The molecule has 1 N–H and O–H groups in total. The number of rotatable bonds is 2. The molecule has 1 aliphatic carbocycles. The van der Waals surface area contributed by atoms with E-state index in [0.29, 0.717) is 19.0 Å². The number of aromatic nitrogens is 2. The third kappa shape index (κ3) is 2.81. The Morgan fingerprint density at radius 3 is 3.00 bits per heavy atom. The number of aryl methyl sites for hydroxylation is 1. The first-order chi connectivity index (χ1) is 11.1. The van der Waals surface area contributed by atoms with Crippen LogP contribution in [0.2, 0.25) is 5.02 Å². The second kappa shape index (κ2) is 5.57. The molecule has 1 fully saturated rings. The lowest BCUT2D eigenvalue weighted by Crippen LogP contribution is -2.39. The summed E-state index contributed by atoms with van der Waals surface area (Å²) in [7, 11) is 1.89. The maximum absolute atomic E-state index is 12.6. The van der Waals surface area contributed by atoms with Gasteiger partial charge in [-0.2, -0.15) is 5.10 Å². The van der Waals surface area contributed by atoms with E-state index >= 15 is 0 Å². The summed E-state index contributed by atoms with van der Waals surface area (Å²) in [6.07, 6.45) is 5.04. The van der Waals surface area contributed by atoms with E-state index < -0.39 is 0 Å². The quantitative estimate of drug-likeness (QED) is 0.915. The van der Waals surface area contributed by atoms with Crippen molar-refractivity contribution in [3.8, 4) is 0 Å². The summed E-state index contributed by atoms with van der Waals surface area (Å²) in [6.45, 7) is 1.26. The summed E-state index contributed by atoms with van der Waals surface area (Å²) < 4.78 is 1.77. The average Bonchev–Trinajstić information content (AvgIpc) is 3.31. The van der Waals surface area contributed by atoms with Gasteiger partial charge in [-0.15, -0.1) is 0 Å². The molecule has 1 aliphatic heterocycles. The lowest BCUT2D eigenvalue weighted by molar-refractivity contribution is 0.206. The van der Waals surface area contributed by atoms with Gasteiger partial charge in [0.2, 0.25) is 0 Å². The number of fused-ring (bicyclic) bond motifs is 1. The van der Waals surface area contributed by atoms with Crippen LogP contribution in [0.5, 0.6) is 0 Å². The van der Waals surface area contributed by atoms with Crippen molar-refractivity contribution < 1.29 is 4.79 Å². The Kier molecular flexibility index (Phi) is 3.53. The van der Waals surface area contributed by atoms with Crippen LogP contribution in [0, 0.1) is 0 Å². The van der Waals surface area contributed by atoms with Gasteiger partial charge in [-0.3, -0.25) is 4.68 Å². The number of anilines is 1. The summed E-state index contributed by atoms with van der Waals surface area (Å²) in [5.74, 6) is 0.503. The molecule has 2 heterocycles. The molecular weight excluding hydrogens is 312 g/mol. The summed E-state index contributed by atoms with van der Waals surface area (Å²) in [4.78, 5) is 14.4. The van der Waals surface area contributed by atoms with Crippen LogP contribution in [-0.4, -0.2) is 27.3 Å². The Hall–Kier alpha value is -2.01. The van der Waals surface area contributed by atoms with Crippen LogP contribution in [0.4, 0.5) is 10.5 Å². The van der Waals surface area contributed by atoms with Crippen molar-refractivity contribution in [2.45, 2.75) is 31.7 Å². The van der Waals surface area contributed by atoms with Gasteiger partial charge >= 0.3 is 6.03 Å². The molecule has 2 aliphatic rings. The second-order valence-electron chi connectivity index (χ2n) is 6.36. The lowest BCUT2D eigenvalue weighted by Gasteiger charge is -2.29. The normalized spacial score (nSPS) is 17.0. The van der Waals surface area contributed by atoms with Crippen LogP contribution in [0.3, 0.4) is 0 Å². The molecule has 0 bridgehead atoms. The molecule has 1 saturated carbocycles. The van der Waals surface area contributed by atoms with Gasteiger partial charge < -0.3 is 10.2 Å². The van der Waals surface area contributed by atoms with E-state index in [1.54, 1.807) is 4.68 Å². The van der Waals surface area contributed by atoms with Crippen molar-refractivity contribution in [2.24, 2.45) is 7.05 Å². The maximum Gasteiger partial charge on any atom is 0.322 e. The van der Waals surface area contributed by atoms with Crippen molar-refractivity contribution in [3.05, 3.63) is 46.2 Å². The first-order valence-corrected chi connectivity index (χ1v) is 8.35. The lowest BCUT2D eigenvalue weighted by atomic mass is 10.00. The van der Waals surface area contributed by atoms with Crippen LogP contribution < -0.4 is 5.32 Å². The summed E-state index contributed by atoms with van der Waals surface area (Å²) >= 11 is 6.28. The molecular formula is C17H19ClN4O. The molecule has 1 aromatic carbocycles. The number of halogens is 1. The molecule has 4 rings (SSSR count). The van der Waals surface area contributed by atoms with Gasteiger partial charge in [0, 0.05) is 37.3 Å². The topological polar surface area (TPSA) is 50.2 Å².